The lowest BCUT2D eigenvalue weighted by Crippen LogP contribution is -2.46. The first-order valence-corrected chi connectivity index (χ1v) is 11.4. The maximum atomic E-state index is 5.42. The van der Waals surface area contributed by atoms with Crippen LogP contribution in [0, 0.1) is 5.92 Å². The monoisotopic (exact) mass is 412 g/mol. The van der Waals surface area contributed by atoms with Gasteiger partial charge in [-0.15, -0.1) is 11.3 Å². The summed E-state index contributed by atoms with van der Waals surface area (Å²) in [5.74, 6) is 3.70. The number of thiophene rings is 1. The standard InChI is InChI=1S/C21H28N6OS/c1-13(2)19-24-17(28-25-19)11-26-6-8-27(9-7-26)20-18-15-5-4-14(3)10-16(15)29-21(18)23-12-22-20/h12-14H,4-11H2,1-3H3/t14-/m0/s1. The second-order valence-corrected chi connectivity index (χ2v) is 9.78. The molecule has 0 bridgehead atoms. The highest BCUT2D eigenvalue weighted by molar-refractivity contribution is 7.19. The van der Waals surface area contributed by atoms with E-state index in [1.165, 1.54) is 28.7 Å². The molecule has 1 fully saturated rings. The Morgan fingerprint density at radius 2 is 2.03 bits per heavy atom. The molecule has 1 aliphatic carbocycles. The molecule has 0 radical (unpaired) electrons. The van der Waals surface area contributed by atoms with Crippen molar-refractivity contribution in [1.82, 2.24) is 25.0 Å². The largest absolute Gasteiger partial charge is 0.353 e. The van der Waals surface area contributed by atoms with Gasteiger partial charge < -0.3 is 9.42 Å². The summed E-state index contributed by atoms with van der Waals surface area (Å²) in [6, 6.07) is 0. The van der Waals surface area contributed by atoms with Crippen LogP contribution in [0.15, 0.2) is 10.9 Å². The van der Waals surface area contributed by atoms with Gasteiger partial charge in [-0.1, -0.05) is 25.9 Å². The van der Waals surface area contributed by atoms with Crippen molar-refractivity contribution in [2.24, 2.45) is 5.92 Å². The Morgan fingerprint density at radius 1 is 1.21 bits per heavy atom. The third-order valence-electron chi connectivity index (χ3n) is 6.10. The van der Waals surface area contributed by atoms with Crippen LogP contribution in [0.5, 0.6) is 0 Å². The first-order valence-electron chi connectivity index (χ1n) is 10.6. The predicted molar refractivity (Wildman–Crippen MR) is 114 cm³/mol. The minimum atomic E-state index is 0.295. The topological polar surface area (TPSA) is 71.2 Å². The van der Waals surface area contributed by atoms with E-state index in [1.807, 2.05) is 11.3 Å². The number of piperazine rings is 1. The van der Waals surface area contributed by atoms with Gasteiger partial charge in [-0.05, 0) is 30.7 Å². The van der Waals surface area contributed by atoms with Crippen LogP contribution >= 0.6 is 11.3 Å². The Balaban J connectivity index is 1.31. The Bertz CT molecular complexity index is 1000. The number of rotatable bonds is 4. The number of nitrogens with zero attached hydrogens (tertiary/aromatic N) is 6. The smallest absolute Gasteiger partial charge is 0.240 e. The quantitative estimate of drug-likeness (QED) is 0.648. The van der Waals surface area contributed by atoms with E-state index in [2.05, 4.69) is 45.7 Å². The number of hydrogen-bond acceptors (Lipinski definition) is 8. The molecule has 2 aliphatic rings. The van der Waals surface area contributed by atoms with Crippen molar-refractivity contribution >= 4 is 27.4 Å². The average Bonchev–Trinajstić information content (AvgIpc) is 3.32. The van der Waals surface area contributed by atoms with Crippen LogP contribution in [-0.2, 0) is 19.4 Å². The summed E-state index contributed by atoms with van der Waals surface area (Å²) < 4.78 is 5.42. The number of anilines is 1. The van der Waals surface area contributed by atoms with Gasteiger partial charge in [-0.25, -0.2) is 9.97 Å². The second-order valence-electron chi connectivity index (χ2n) is 8.69. The summed E-state index contributed by atoms with van der Waals surface area (Å²) in [4.78, 5) is 21.3. The van der Waals surface area contributed by atoms with E-state index in [0.29, 0.717) is 11.8 Å². The molecule has 0 aromatic carbocycles. The van der Waals surface area contributed by atoms with Gasteiger partial charge in [-0.3, -0.25) is 4.90 Å². The minimum absolute atomic E-state index is 0.295. The van der Waals surface area contributed by atoms with Gasteiger partial charge in [0.05, 0.1) is 11.9 Å². The van der Waals surface area contributed by atoms with E-state index in [4.69, 9.17) is 9.51 Å². The zero-order chi connectivity index (χ0) is 20.0. The first-order chi connectivity index (χ1) is 14.1. The highest BCUT2D eigenvalue weighted by Crippen LogP contribution is 2.40. The summed E-state index contributed by atoms with van der Waals surface area (Å²) >= 11 is 1.87. The van der Waals surface area contributed by atoms with Gasteiger partial charge >= 0.3 is 0 Å². The SMILES string of the molecule is CC(C)c1noc(CN2CCN(c3ncnc4sc5c(c34)CC[C@H](C)C5)CC2)n1. The number of aryl methyl sites for hydroxylation is 1. The fourth-order valence-electron chi connectivity index (χ4n) is 4.37. The van der Waals surface area contributed by atoms with Crippen molar-refractivity contribution in [3.05, 3.63) is 28.5 Å². The molecule has 4 heterocycles. The molecule has 0 N–H and O–H groups in total. The first kappa shape index (κ1) is 18.9. The summed E-state index contributed by atoms with van der Waals surface area (Å²) in [7, 11) is 0. The number of fused-ring (bicyclic) bond motifs is 3. The van der Waals surface area contributed by atoms with Crippen LogP contribution in [0.2, 0.25) is 0 Å². The normalized spacial score (nSPS) is 20.6. The summed E-state index contributed by atoms with van der Waals surface area (Å²) in [6.45, 7) is 11.1. The van der Waals surface area contributed by atoms with Crippen LogP contribution in [0.1, 0.15) is 55.3 Å². The third-order valence-corrected chi connectivity index (χ3v) is 7.26. The molecule has 1 saturated heterocycles. The molecular formula is C21H28N6OS. The number of aromatic nitrogens is 4. The molecule has 0 saturated carbocycles. The zero-order valence-electron chi connectivity index (χ0n) is 17.4. The van der Waals surface area contributed by atoms with E-state index >= 15 is 0 Å². The van der Waals surface area contributed by atoms with Crippen LogP contribution in [0.3, 0.4) is 0 Å². The lowest BCUT2D eigenvalue weighted by atomic mass is 9.89. The molecule has 0 unspecified atom stereocenters. The van der Waals surface area contributed by atoms with Gasteiger partial charge in [0.15, 0.2) is 5.82 Å². The van der Waals surface area contributed by atoms with Crippen molar-refractivity contribution in [3.8, 4) is 0 Å². The van der Waals surface area contributed by atoms with E-state index in [1.54, 1.807) is 6.33 Å². The maximum Gasteiger partial charge on any atom is 0.240 e. The Kier molecular flexibility index (Phi) is 4.99. The van der Waals surface area contributed by atoms with Crippen molar-refractivity contribution < 1.29 is 4.52 Å². The highest BCUT2D eigenvalue weighted by atomic mass is 32.1. The van der Waals surface area contributed by atoms with Gasteiger partial charge in [0.25, 0.3) is 0 Å². The average molecular weight is 413 g/mol. The zero-order valence-corrected chi connectivity index (χ0v) is 18.2. The summed E-state index contributed by atoms with van der Waals surface area (Å²) in [5.41, 5.74) is 1.51. The van der Waals surface area contributed by atoms with Crippen molar-refractivity contribution in [1.29, 1.82) is 0 Å². The molecule has 8 heteroatoms. The lowest BCUT2D eigenvalue weighted by molar-refractivity contribution is 0.215. The maximum absolute atomic E-state index is 5.42. The molecular weight excluding hydrogens is 384 g/mol. The predicted octanol–water partition coefficient (Wildman–Crippen LogP) is 3.64. The molecule has 154 valence electrons. The molecule has 29 heavy (non-hydrogen) atoms. The van der Waals surface area contributed by atoms with E-state index < -0.39 is 0 Å². The Morgan fingerprint density at radius 3 is 2.79 bits per heavy atom. The molecule has 7 nitrogen and oxygen atoms in total. The Hall–Kier alpha value is -2.06. The van der Waals surface area contributed by atoms with Crippen LogP contribution in [-0.4, -0.2) is 51.2 Å². The van der Waals surface area contributed by atoms with Gasteiger partial charge in [0.1, 0.15) is 17.0 Å². The lowest BCUT2D eigenvalue weighted by Gasteiger charge is -2.35. The van der Waals surface area contributed by atoms with Gasteiger partial charge in [0, 0.05) is 37.0 Å². The fourth-order valence-corrected chi connectivity index (χ4v) is 5.72. The highest BCUT2D eigenvalue weighted by Gasteiger charge is 2.27. The van der Waals surface area contributed by atoms with Crippen LogP contribution in [0.25, 0.3) is 10.2 Å². The molecule has 1 aliphatic heterocycles. The summed E-state index contributed by atoms with van der Waals surface area (Å²) in [5, 5.41) is 5.39. The number of hydrogen-bond donors (Lipinski definition) is 0. The van der Waals surface area contributed by atoms with Gasteiger partial charge in [-0.2, -0.15) is 4.98 Å². The molecule has 0 spiro atoms. The van der Waals surface area contributed by atoms with E-state index in [0.717, 1.165) is 61.5 Å². The van der Waals surface area contributed by atoms with Crippen molar-refractivity contribution in [2.75, 3.05) is 31.1 Å². The van der Waals surface area contributed by atoms with E-state index in [-0.39, 0.29) is 0 Å². The van der Waals surface area contributed by atoms with Gasteiger partial charge in [0.2, 0.25) is 5.89 Å². The van der Waals surface area contributed by atoms with Crippen LogP contribution in [0.4, 0.5) is 5.82 Å². The molecule has 0 amide bonds. The Labute approximate surface area is 175 Å². The van der Waals surface area contributed by atoms with Crippen LogP contribution < -0.4 is 4.90 Å². The molecule has 3 aromatic heterocycles. The molecule has 1 atom stereocenters. The van der Waals surface area contributed by atoms with Crippen molar-refractivity contribution in [3.63, 3.8) is 0 Å². The minimum Gasteiger partial charge on any atom is -0.353 e. The fraction of sp³-hybridized carbons (Fsp3) is 0.619. The summed E-state index contributed by atoms with van der Waals surface area (Å²) in [6.07, 6.45) is 5.35. The van der Waals surface area contributed by atoms with Crippen molar-refractivity contribution in [2.45, 2.75) is 52.5 Å². The third kappa shape index (κ3) is 3.64. The second kappa shape index (κ2) is 7.65. The molecule has 5 rings (SSSR count). The van der Waals surface area contributed by atoms with E-state index in [9.17, 15) is 0 Å². The molecule has 3 aromatic rings.